The molecule has 0 bridgehead atoms. The number of benzene rings is 1. The van der Waals surface area contributed by atoms with Crippen molar-refractivity contribution in [2.45, 2.75) is 59.3 Å². The van der Waals surface area contributed by atoms with Gasteiger partial charge in [0.2, 0.25) is 0 Å². The molecule has 124 valence electrons. The lowest BCUT2D eigenvalue weighted by Crippen LogP contribution is -2.23. The Morgan fingerprint density at radius 2 is 2.00 bits per heavy atom. The van der Waals surface area contributed by atoms with Gasteiger partial charge >= 0.3 is 0 Å². The van der Waals surface area contributed by atoms with E-state index in [0.717, 1.165) is 24.3 Å². The van der Waals surface area contributed by atoms with E-state index in [9.17, 15) is 4.79 Å². The number of ketones is 1. The molecule has 0 aromatic heterocycles. The van der Waals surface area contributed by atoms with Gasteiger partial charge in [0.15, 0.2) is 5.78 Å². The number of Topliss-reactive ketones (excluding diaryl/α,β-unsaturated/α-hetero) is 1. The van der Waals surface area contributed by atoms with Crippen LogP contribution in [-0.2, 0) is 5.41 Å². The Bertz CT molecular complexity index is 661. The summed E-state index contributed by atoms with van der Waals surface area (Å²) < 4.78 is 6.04. The number of hydrogen-bond donors (Lipinski definition) is 0. The highest BCUT2D eigenvalue weighted by Gasteiger charge is 2.31. The molecule has 1 aromatic rings. The van der Waals surface area contributed by atoms with Crippen LogP contribution in [0.1, 0.15) is 75.4 Å². The number of ether oxygens (including phenoxy) is 1. The van der Waals surface area contributed by atoms with Crippen molar-refractivity contribution in [1.82, 2.24) is 0 Å². The average molecular weight is 312 g/mol. The molecule has 23 heavy (non-hydrogen) atoms. The predicted molar refractivity (Wildman–Crippen MR) is 95.1 cm³/mol. The van der Waals surface area contributed by atoms with Gasteiger partial charge in [-0.15, -0.1) is 0 Å². The Kier molecular flexibility index (Phi) is 4.12. The summed E-state index contributed by atoms with van der Waals surface area (Å²) in [4.78, 5) is 12.2. The largest absolute Gasteiger partial charge is 0.493 e. The zero-order valence-electron chi connectivity index (χ0n) is 15.0. The molecule has 0 unspecified atom stereocenters. The number of carbonyl (C=O) groups is 1. The minimum absolute atomic E-state index is 0.0841. The van der Waals surface area contributed by atoms with Crippen LogP contribution in [0, 0.1) is 11.8 Å². The average Bonchev–Trinajstić information content (AvgIpc) is 3.28. The van der Waals surface area contributed by atoms with E-state index in [1.54, 1.807) is 6.92 Å². The van der Waals surface area contributed by atoms with Gasteiger partial charge in [-0.05, 0) is 72.3 Å². The first-order chi connectivity index (χ1) is 10.8. The Balaban J connectivity index is 2.09. The second-order valence-corrected chi connectivity index (χ2v) is 8.11. The molecule has 0 heterocycles. The Hall–Kier alpha value is -1.57. The second kappa shape index (κ2) is 5.81. The highest BCUT2D eigenvalue weighted by Crippen LogP contribution is 2.44. The third-order valence-corrected chi connectivity index (χ3v) is 5.16. The van der Waals surface area contributed by atoms with Crippen molar-refractivity contribution in [3.63, 3.8) is 0 Å². The van der Waals surface area contributed by atoms with Crippen LogP contribution in [0.2, 0.25) is 0 Å². The molecule has 2 nitrogen and oxygen atoms in total. The standard InChI is InChI=1S/C21H28O2/c1-13(2)16-8-9-21(4,5)19-11-20(23-12-15-6-7-15)17(14(3)22)10-18(16)19/h8,10-11,13,15H,6-7,9,12H2,1-5H3. The van der Waals surface area contributed by atoms with Crippen molar-refractivity contribution < 1.29 is 9.53 Å². The smallest absolute Gasteiger partial charge is 0.163 e. The quantitative estimate of drug-likeness (QED) is 0.681. The molecule has 0 aliphatic heterocycles. The van der Waals surface area contributed by atoms with Crippen molar-refractivity contribution in [3.8, 4) is 5.75 Å². The van der Waals surface area contributed by atoms with E-state index in [-0.39, 0.29) is 11.2 Å². The molecule has 0 spiro atoms. The van der Waals surface area contributed by atoms with Gasteiger partial charge in [0.1, 0.15) is 5.75 Å². The number of hydrogen-bond acceptors (Lipinski definition) is 2. The predicted octanol–water partition coefficient (Wildman–Crippen LogP) is 5.40. The Labute approximate surface area is 139 Å². The third-order valence-electron chi connectivity index (χ3n) is 5.16. The maximum Gasteiger partial charge on any atom is 0.163 e. The van der Waals surface area contributed by atoms with Gasteiger partial charge in [0.25, 0.3) is 0 Å². The van der Waals surface area contributed by atoms with Gasteiger partial charge in [0, 0.05) is 0 Å². The molecule has 1 fully saturated rings. The number of allylic oxidation sites excluding steroid dienone is 2. The van der Waals surface area contributed by atoms with Gasteiger partial charge in [-0.25, -0.2) is 0 Å². The van der Waals surface area contributed by atoms with E-state index >= 15 is 0 Å². The van der Waals surface area contributed by atoms with E-state index in [1.165, 1.54) is 29.5 Å². The van der Waals surface area contributed by atoms with Crippen LogP contribution >= 0.6 is 0 Å². The minimum atomic E-state index is 0.0841. The highest BCUT2D eigenvalue weighted by molar-refractivity contribution is 5.98. The van der Waals surface area contributed by atoms with Crippen molar-refractivity contribution >= 4 is 11.4 Å². The third kappa shape index (κ3) is 3.22. The second-order valence-electron chi connectivity index (χ2n) is 8.11. The topological polar surface area (TPSA) is 26.3 Å². The number of carbonyl (C=O) groups excluding carboxylic acids is 1. The fourth-order valence-corrected chi connectivity index (χ4v) is 3.40. The SMILES string of the molecule is CC(=O)c1cc2c(cc1OCC1CC1)C(C)(C)CC=C2C(C)C. The molecule has 0 N–H and O–H groups in total. The van der Waals surface area contributed by atoms with Crippen molar-refractivity contribution in [2.24, 2.45) is 11.8 Å². The van der Waals surface area contributed by atoms with E-state index in [1.807, 2.05) is 0 Å². The molecular weight excluding hydrogens is 284 g/mol. The Morgan fingerprint density at radius 1 is 1.30 bits per heavy atom. The first-order valence-corrected chi connectivity index (χ1v) is 8.82. The van der Waals surface area contributed by atoms with Gasteiger partial charge in [-0.1, -0.05) is 33.8 Å². The molecule has 2 aliphatic carbocycles. The number of fused-ring (bicyclic) bond motifs is 1. The van der Waals surface area contributed by atoms with Crippen LogP contribution in [0.15, 0.2) is 18.2 Å². The fourth-order valence-electron chi connectivity index (χ4n) is 3.40. The monoisotopic (exact) mass is 312 g/mol. The van der Waals surface area contributed by atoms with E-state index in [4.69, 9.17) is 4.74 Å². The maximum absolute atomic E-state index is 12.2. The molecule has 1 aromatic carbocycles. The van der Waals surface area contributed by atoms with Crippen molar-refractivity contribution in [2.75, 3.05) is 6.61 Å². The molecule has 0 atom stereocenters. The summed E-state index contributed by atoms with van der Waals surface area (Å²) in [6.07, 6.45) is 5.90. The summed E-state index contributed by atoms with van der Waals surface area (Å²) in [5.41, 5.74) is 4.73. The normalized spacial score (nSPS) is 19.3. The van der Waals surface area contributed by atoms with Crippen LogP contribution in [0.3, 0.4) is 0 Å². The van der Waals surface area contributed by atoms with Crippen LogP contribution in [0.25, 0.3) is 5.57 Å². The van der Waals surface area contributed by atoms with E-state index in [2.05, 4.69) is 45.9 Å². The highest BCUT2D eigenvalue weighted by atomic mass is 16.5. The fraction of sp³-hybridized carbons (Fsp3) is 0.571. The van der Waals surface area contributed by atoms with Gasteiger partial charge in [0.05, 0.1) is 12.2 Å². The molecule has 0 amide bonds. The summed E-state index contributed by atoms with van der Waals surface area (Å²) in [6.45, 7) is 11.4. The lowest BCUT2D eigenvalue weighted by Gasteiger charge is -2.34. The summed E-state index contributed by atoms with van der Waals surface area (Å²) in [6, 6.07) is 4.22. The van der Waals surface area contributed by atoms with E-state index in [0.29, 0.717) is 11.8 Å². The first kappa shape index (κ1) is 16.3. The van der Waals surface area contributed by atoms with Crippen LogP contribution < -0.4 is 4.74 Å². The zero-order chi connectivity index (χ0) is 16.8. The molecule has 2 aliphatic rings. The number of rotatable bonds is 5. The summed E-state index contributed by atoms with van der Waals surface area (Å²) >= 11 is 0. The van der Waals surface area contributed by atoms with Gasteiger partial charge in [-0.3, -0.25) is 4.79 Å². The van der Waals surface area contributed by atoms with Crippen molar-refractivity contribution in [1.29, 1.82) is 0 Å². The van der Waals surface area contributed by atoms with Gasteiger partial charge in [-0.2, -0.15) is 0 Å². The van der Waals surface area contributed by atoms with Crippen LogP contribution in [0.5, 0.6) is 5.75 Å². The first-order valence-electron chi connectivity index (χ1n) is 8.82. The van der Waals surface area contributed by atoms with Crippen LogP contribution in [-0.4, -0.2) is 12.4 Å². The summed E-state index contributed by atoms with van der Waals surface area (Å²) in [5.74, 6) is 2.01. The molecule has 0 radical (unpaired) electrons. The maximum atomic E-state index is 12.2. The van der Waals surface area contributed by atoms with Crippen LogP contribution in [0.4, 0.5) is 0 Å². The van der Waals surface area contributed by atoms with E-state index < -0.39 is 0 Å². The zero-order valence-corrected chi connectivity index (χ0v) is 15.0. The summed E-state index contributed by atoms with van der Waals surface area (Å²) in [5, 5.41) is 0. The molecule has 2 heteroatoms. The molecule has 1 saturated carbocycles. The molecule has 0 saturated heterocycles. The summed E-state index contributed by atoms with van der Waals surface area (Å²) in [7, 11) is 0. The lowest BCUT2D eigenvalue weighted by atomic mass is 9.71. The van der Waals surface area contributed by atoms with Crippen molar-refractivity contribution in [3.05, 3.63) is 34.9 Å². The Morgan fingerprint density at radius 3 is 2.57 bits per heavy atom. The molecule has 3 rings (SSSR count). The van der Waals surface area contributed by atoms with Gasteiger partial charge < -0.3 is 4.74 Å². The minimum Gasteiger partial charge on any atom is -0.493 e. The lowest BCUT2D eigenvalue weighted by molar-refractivity contribution is 0.101. The molecular formula is C21H28O2.